The van der Waals surface area contributed by atoms with Crippen LogP contribution in [0.2, 0.25) is 0 Å². The van der Waals surface area contributed by atoms with E-state index in [1.165, 1.54) is 6.92 Å². The fourth-order valence-electron chi connectivity index (χ4n) is 2.95. The van der Waals surface area contributed by atoms with E-state index in [2.05, 4.69) is 16.0 Å². The molecular weight excluding hydrogens is 436 g/mol. The number of carboxylic acid groups (broad SMARTS) is 2. The number of carbonyl (C=O) groups is 5. The van der Waals surface area contributed by atoms with Crippen molar-refractivity contribution in [3.05, 3.63) is 0 Å². The Bertz CT molecular complexity index is 700. The van der Waals surface area contributed by atoms with E-state index in [9.17, 15) is 34.2 Å². The number of aliphatic hydroxyl groups excluding tert-OH is 1. The second-order valence-electron chi connectivity index (χ2n) is 8.35. The van der Waals surface area contributed by atoms with Crippen LogP contribution in [0.25, 0.3) is 0 Å². The normalized spacial score (nSPS) is 17.4. The Morgan fingerprint density at radius 2 is 1.18 bits per heavy atom. The van der Waals surface area contributed by atoms with Crippen LogP contribution in [0, 0.1) is 11.8 Å². The van der Waals surface area contributed by atoms with Gasteiger partial charge in [0.2, 0.25) is 17.7 Å². The molecule has 3 amide bonds. The van der Waals surface area contributed by atoms with Gasteiger partial charge in [0, 0.05) is 6.42 Å². The van der Waals surface area contributed by atoms with Gasteiger partial charge in [0.25, 0.3) is 0 Å². The number of amides is 3. The van der Waals surface area contributed by atoms with Crippen LogP contribution in [0.5, 0.6) is 0 Å². The lowest BCUT2D eigenvalue weighted by atomic mass is 9.95. The molecule has 0 aromatic carbocycles. The van der Waals surface area contributed by atoms with E-state index in [0.717, 1.165) is 0 Å². The molecule has 12 heteroatoms. The van der Waals surface area contributed by atoms with Gasteiger partial charge in [0.1, 0.15) is 18.1 Å². The first kappa shape index (κ1) is 30.3. The molecule has 0 rings (SSSR count). The van der Waals surface area contributed by atoms with Crippen LogP contribution in [0.15, 0.2) is 0 Å². The van der Waals surface area contributed by atoms with Gasteiger partial charge in [-0.2, -0.15) is 0 Å². The lowest BCUT2D eigenvalue weighted by molar-refractivity contribution is -0.144. The molecule has 33 heavy (non-hydrogen) atoms. The van der Waals surface area contributed by atoms with Crippen LogP contribution < -0.4 is 21.7 Å². The van der Waals surface area contributed by atoms with E-state index in [0.29, 0.717) is 12.8 Å². The number of hydrogen-bond donors (Lipinski definition) is 7. The largest absolute Gasteiger partial charge is 0.481 e. The van der Waals surface area contributed by atoms with Crippen molar-refractivity contribution in [1.82, 2.24) is 16.0 Å². The zero-order chi connectivity index (χ0) is 25.9. The van der Waals surface area contributed by atoms with Crippen LogP contribution in [0.1, 0.15) is 60.3 Å². The summed E-state index contributed by atoms with van der Waals surface area (Å²) >= 11 is 0. The van der Waals surface area contributed by atoms with Crippen LogP contribution in [-0.4, -0.2) is 75.3 Å². The van der Waals surface area contributed by atoms with Crippen molar-refractivity contribution in [3.63, 3.8) is 0 Å². The number of aliphatic hydroxyl groups is 1. The molecule has 0 unspecified atom stereocenters. The molecule has 0 fully saturated rings. The predicted molar refractivity (Wildman–Crippen MR) is 119 cm³/mol. The predicted octanol–water partition coefficient (Wildman–Crippen LogP) is -0.809. The Kier molecular flexibility index (Phi) is 13.2. The maximum Gasteiger partial charge on any atom is 0.326 e. The first-order chi connectivity index (χ1) is 15.3. The SMILES string of the molecule is CC[C@H](C)[C@H](NC(=O)[C@@H](NC(=O)[C@@H](NC(=O)[C@@H](N)CCC(=O)O)[C@@H](C)O)[C@@H](C)CC)C(=O)O. The minimum atomic E-state index is -1.46. The van der Waals surface area contributed by atoms with E-state index in [4.69, 9.17) is 10.8 Å². The summed E-state index contributed by atoms with van der Waals surface area (Å²) in [7, 11) is 0. The number of nitrogens with one attached hydrogen (secondary N) is 3. The minimum Gasteiger partial charge on any atom is -0.481 e. The number of carbonyl (C=O) groups excluding carboxylic acids is 3. The Morgan fingerprint density at radius 1 is 0.758 bits per heavy atom. The zero-order valence-electron chi connectivity index (χ0n) is 19.8. The molecule has 0 aromatic rings. The average Bonchev–Trinajstić information content (AvgIpc) is 2.75. The third-order valence-electron chi connectivity index (χ3n) is 5.64. The Labute approximate surface area is 193 Å². The van der Waals surface area contributed by atoms with Crippen LogP contribution in [0.4, 0.5) is 0 Å². The molecule has 0 aliphatic carbocycles. The fraction of sp³-hybridized carbons (Fsp3) is 0.762. The van der Waals surface area contributed by atoms with E-state index >= 15 is 0 Å². The van der Waals surface area contributed by atoms with Crippen LogP contribution >= 0.6 is 0 Å². The molecule has 0 bridgehead atoms. The van der Waals surface area contributed by atoms with Crippen molar-refractivity contribution in [3.8, 4) is 0 Å². The highest BCUT2D eigenvalue weighted by atomic mass is 16.4. The summed E-state index contributed by atoms with van der Waals surface area (Å²) < 4.78 is 0. The summed E-state index contributed by atoms with van der Waals surface area (Å²) in [6, 6.07) is -4.94. The number of carboxylic acids is 2. The van der Waals surface area contributed by atoms with E-state index in [1.54, 1.807) is 27.7 Å². The first-order valence-electron chi connectivity index (χ1n) is 11.1. The maximum absolute atomic E-state index is 12.9. The van der Waals surface area contributed by atoms with Gasteiger partial charge in [0.05, 0.1) is 12.1 Å². The standard InChI is InChI=1S/C21H38N4O8/c1-6-10(3)15(19(30)24-16(21(32)33)11(4)7-2)23-20(31)17(12(5)26)25-18(29)13(22)8-9-14(27)28/h10-13,15-17,26H,6-9,22H2,1-5H3,(H,23,31)(H,24,30)(H,25,29)(H,27,28)(H,32,33)/t10-,11-,12+,13-,15-,16-,17-/m0/s1. The van der Waals surface area contributed by atoms with E-state index in [-0.39, 0.29) is 24.7 Å². The summed E-state index contributed by atoms with van der Waals surface area (Å²) in [4.78, 5) is 60.2. The summed E-state index contributed by atoms with van der Waals surface area (Å²) in [5.74, 6) is -5.46. The van der Waals surface area contributed by atoms with Crippen molar-refractivity contribution >= 4 is 29.7 Å². The molecule has 190 valence electrons. The van der Waals surface area contributed by atoms with Gasteiger partial charge >= 0.3 is 11.9 Å². The Morgan fingerprint density at radius 3 is 1.61 bits per heavy atom. The van der Waals surface area contributed by atoms with Crippen molar-refractivity contribution in [2.24, 2.45) is 17.6 Å². The highest BCUT2D eigenvalue weighted by Crippen LogP contribution is 2.13. The summed E-state index contributed by atoms with van der Waals surface area (Å²) in [5.41, 5.74) is 5.65. The third kappa shape index (κ3) is 10.2. The summed E-state index contributed by atoms with van der Waals surface area (Å²) in [6.45, 7) is 8.21. The molecule has 0 radical (unpaired) electrons. The number of rotatable bonds is 15. The van der Waals surface area contributed by atoms with Gasteiger partial charge < -0.3 is 37.0 Å². The van der Waals surface area contributed by atoms with Crippen molar-refractivity contribution in [2.75, 3.05) is 0 Å². The zero-order valence-corrected chi connectivity index (χ0v) is 19.8. The molecule has 7 atom stereocenters. The second-order valence-corrected chi connectivity index (χ2v) is 8.35. The van der Waals surface area contributed by atoms with E-state index in [1.807, 2.05) is 0 Å². The molecule has 0 heterocycles. The third-order valence-corrected chi connectivity index (χ3v) is 5.64. The molecule has 0 aliphatic heterocycles. The van der Waals surface area contributed by atoms with Gasteiger partial charge in [-0.25, -0.2) is 4.79 Å². The van der Waals surface area contributed by atoms with Crippen molar-refractivity contribution in [2.45, 2.75) is 90.6 Å². The molecular formula is C21H38N4O8. The highest BCUT2D eigenvalue weighted by molar-refractivity contribution is 5.94. The number of hydrogen-bond acceptors (Lipinski definition) is 7. The quantitative estimate of drug-likeness (QED) is 0.158. The topological polar surface area (TPSA) is 208 Å². The smallest absolute Gasteiger partial charge is 0.326 e. The average molecular weight is 475 g/mol. The molecule has 0 aromatic heterocycles. The van der Waals surface area contributed by atoms with Crippen LogP contribution in [-0.2, 0) is 24.0 Å². The molecule has 12 nitrogen and oxygen atoms in total. The van der Waals surface area contributed by atoms with Gasteiger partial charge in [-0.15, -0.1) is 0 Å². The van der Waals surface area contributed by atoms with Crippen molar-refractivity contribution in [1.29, 1.82) is 0 Å². The fourth-order valence-corrected chi connectivity index (χ4v) is 2.95. The molecule has 0 spiro atoms. The van der Waals surface area contributed by atoms with Crippen molar-refractivity contribution < 1.29 is 39.3 Å². The number of nitrogens with two attached hydrogens (primary N) is 1. The number of aliphatic carboxylic acids is 2. The highest BCUT2D eigenvalue weighted by Gasteiger charge is 2.35. The van der Waals surface area contributed by atoms with E-state index < -0.39 is 59.9 Å². The first-order valence-corrected chi connectivity index (χ1v) is 11.1. The Balaban J connectivity index is 5.49. The van der Waals surface area contributed by atoms with Gasteiger partial charge in [-0.05, 0) is 25.2 Å². The van der Waals surface area contributed by atoms with Gasteiger partial charge in [0.15, 0.2) is 0 Å². The summed E-state index contributed by atoms with van der Waals surface area (Å²) in [6.07, 6.45) is -0.884. The van der Waals surface area contributed by atoms with Gasteiger partial charge in [-0.1, -0.05) is 40.5 Å². The monoisotopic (exact) mass is 474 g/mol. The molecule has 0 saturated carbocycles. The lowest BCUT2D eigenvalue weighted by Gasteiger charge is -2.29. The lowest BCUT2D eigenvalue weighted by Crippen LogP contribution is -2.61. The summed E-state index contributed by atoms with van der Waals surface area (Å²) in [5, 5.41) is 35.4. The molecule has 0 aliphatic rings. The second kappa shape index (κ2) is 14.4. The molecule has 8 N–H and O–H groups in total. The maximum atomic E-state index is 12.9. The van der Waals surface area contributed by atoms with Crippen LogP contribution in [0.3, 0.4) is 0 Å². The molecule has 0 saturated heterocycles. The Hall–Kier alpha value is -2.73. The van der Waals surface area contributed by atoms with Gasteiger partial charge in [-0.3, -0.25) is 19.2 Å². The minimum absolute atomic E-state index is 0.167.